The van der Waals surface area contributed by atoms with Crippen LogP contribution in [0.25, 0.3) is 0 Å². The molecular formula is C16H13BrO3. The van der Waals surface area contributed by atoms with Crippen molar-refractivity contribution in [2.45, 2.75) is 6.92 Å². The summed E-state index contributed by atoms with van der Waals surface area (Å²) in [4.78, 5) is 23.8. The van der Waals surface area contributed by atoms with Gasteiger partial charge in [-0.3, -0.25) is 4.79 Å². The van der Waals surface area contributed by atoms with E-state index in [1.807, 2.05) is 12.1 Å². The van der Waals surface area contributed by atoms with E-state index in [0.29, 0.717) is 23.3 Å². The van der Waals surface area contributed by atoms with Crippen LogP contribution in [-0.4, -0.2) is 18.4 Å². The molecule has 0 spiro atoms. The summed E-state index contributed by atoms with van der Waals surface area (Å²) in [6.07, 6.45) is 0. The zero-order valence-electron chi connectivity index (χ0n) is 10.9. The summed E-state index contributed by atoms with van der Waals surface area (Å²) in [7, 11) is 0. The van der Waals surface area contributed by atoms with E-state index in [1.165, 1.54) is 0 Å². The number of rotatable bonds is 4. The van der Waals surface area contributed by atoms with Crippen molar-refractivity contribution in [3.8, 4) is 0 Å². The van der Waals surface area contributed by atoms with E-state index in [9.17, 15) is 9.59 Å². The lowest BCUT2D eigenvalue weighted by atomic mass is 10.0. The summed E-state index contributed by atoms with van der Waals surface area (Å²) in [6.45, 7) is 2.08. The molecule has 0 saturated carbocycles. The zero-order chi connectivity index (χ0) is 14.5. The summed E-state index contributed by atoms with van der Waals surface area (Å²) in [5.74, 6) is -0.462. The second-order valence-corrected chi connectivity index (χ2v) is 5.05. The maximum Gasteiger partial charge on any atom is 0.338 e. The predicted molar refractivity (Wildman–Crippen MR) is 80.0 cm³/mol. The molecule has 0 atom stereocenters. The minimum atomic E-state index is -0.381. The Hall–Kier alpha value is -1.94. The molecule has 0 aromatic heterocycles. The molecule has 0 heterocycles. The average Bonchev–Trinajstić information content (AvgIpc) is 2.47. The fourth-order valence-corrected chi connectivity index (χ4v) is 2.17. The van der Waals surface area contributed by atoms with E-state index in [2.05, 4.69) is 15.9 Å². The van der Waals surface area contributed by atoms with Gasteiger partial charge < -0.3 is 4.74 Å². The van der Waals surface area contributed by atoms with Crippen molar-refractivity contribution in [1.82, 2.24) is 0 Å². The molecule has 2 aromatic rings. The van der Waals surface area contributed by atoms with Crippen LogP contribution in [0.4, 0.5) is 0 Å². The minimum absolute atomic E-state index is 0.0818. The number of ether oxygens (including phenoxy) is 1. The first-order valence-electron chi connectivity index (χ1n) is 6.19. The molecule has 2 rings (SSSR count). The van der Waals surface area contributed by atoms with Crippen molar-refractivity contribution in [3.63, 3.8) is 0 Å². The van der Waals surface area contributed by atoms with Gasteiger partial charge in [-0.1, -0.05) is 40.2 Å². The number of benzene rings is 2. The summed E-state index contributed by atoms with van der Waals surface area (Å²) >= 11 is 3.34. The van der Waals surface area contributed by atoms with Gasteiger partial charge in [0.2, 0.25) is 0 Å². The van der Waals surface area contributed by atoms with Crippen LogP contribution < -0.4 is 0 Å². The van der Waals surface area contributed by atoms with E-state index >= 15 is 0 Å². The zero-order valence-corrected chi connectivity index (χ0v) is 12.5. The van der Waals surface area contributed by atoms with Crippen LogP contribution in [0.2, 0.25) is 0 Å². The fraction of sp³-hybridized carbons (Fsp3) is 0.125. The molecule has 0 N–H and O–H groups in total. The monoisotopic (exact) mass is 332 g/mol. The van der Waals surface area contributed by atoms with Crippen molar-refractivity contribution >= 4 is 27.7 Å². The molecular weight excluding hydrogens is 320 g/mol. The highest BCUT2D eigenvalue weighted by molar-refractivity contribution is 9.10. The Morgan fingerprint density at radius 3 is 2.25 bits per heavy atom. The van der Waals surface area contributed by atoms with Gasteiger partial charge >= 0.3 is 5.97 Å². The minimum Gasteiger partial charge on any atom is -0.462 e. The van der Waals surface area contributed by atoms with Gasteiger partial charge in [0.05, 0.1) is 12.2 Å². The molecule has 0 fully saturated rings. The van der Waals surface area contributed by atoms with E-state index < -0.39 is 0 Å². The molecule has 0 bridgehead atoms. The molecule has 0 unspecified atom stereocenters. The Kier molecular flexibility index (Phi) is 4.69. The van der Waals surface area contributed by atoms with Crippen LogP contribution in [0.1, 0.15) is 33.2 Å². The fourth-order valence-electron chi connectivity index (χ4n) is 1.77. The number of hydrogen-bond acceptors (Lipinski definition) is 3. The van der Waals surface area contributed by atoms with E-state index in [1.54, 1.807) is 43.3 Å². The van der Waals surface area contributed by atoms with Crippen molar-refractivity contribution < 1.29 is 14.3 Å². The third-order valence-corrected chi connectivity index (χ3v) is 3.24. The smallest absolute Gasteiger partial charge is 0.338 e. The second-order valence-electron chi connectivity index (χ2n) is 4.14. The molecule has 0 aliphatic carbocycles. The summed E-state index contributed by atoms with van der Waals surface area (Å²) in [5.41, 5.74) is 1.58. The van der Waals surface area contributed by atoms with E-state index in [4.69, 9.17) is 4.74 Å². The topological polar surface area (TPSA) is 43.4 Å². The third kappa shape index (κ3) is 3.33. The predicted octanol–water partition coefficient (Wildman–Crippen LogP) is 3.86. The number of hydrogen-bond donors (Lipinski definition) is 0. The molecule has 3 nitrogen and oxygen atoms in total. The maximum absolute atomic E-state index is 12.3. The standard InChI is InChI=1S/C16H13BrO3/c1-2-20-16(19)12-8-6-11(7-9-12)15(18)13-4-3-5-14(17)10-13/h3-10H,2H2,1H3. The summed E-state index contributed by atoms with van der Waals surface area (Å²) in [6, 6.07) is 13.7. The highest BCUT2D eigenvalue weighted by atomic mass is 79.9. The molecule has 0 saturated heterocycles. The van der Waals surface area contributed by atoms with Gasteiger partial charge in [0, 0.05) is 15.6 Å². The Balaban J connectivity index is 2.22. The number of halogens is 1. The van der Waals surface area contributed by atoms with Gasteiger partial charge in [0.1, 0.15) is 0 Å². The highest BCUT2D eigenvalue weighted by Crippen LogP contribution is 2.16. The largest absolute Gasteiger partial charge is 0.462 e. The number of ketones is 1. The lowest BCUT2D eigenvalue weighted by Gasteiger charge is -2.04. The molecule has 0 aliphatic rings. The van der Waals surface area contributed by atoms with Gasteiger partial charge in [-0.15, -0.1) is 0 Å². The van der Waals surface area contributed by atoms with Crippen LogP contribution in [0.15, 0.2) is 53.0 Å². The van der Waals surface area contributed by atoms with E-state index in [-0.39, 0.29) is 11.8 Å². The highest BCUT2D eigenvalue weighted by Gasteiger charge is 2.11. The summed E-state index contributed by atoms with van der Waals surface area (Å²) in [5, 5.41) is 0. The first-order chi connectivity index (χ1) is 9.61. The van der Waals surface area contributed by atoms with Crippen LogP contribution in [0.5, 0.6) is 0 Å². The van der Waals surface area contributed by atoms with Crippen molar-refractivity contribution in [3.05, 3.63) is 69.7 Å². The van der Waals surface area contributed by atoms with Crippen LogP contribution in [0.3, 0.4) is 0 Å². The molecule has 0 aliphatic heterocycles. The van der Waals surface area contributed by atoms with E-state index in [0.717, 1.165) is 4.47 Å². The molecule has 0 radical (unpaired) electrons. The Morgan fingerprint density at radius 2 is 1.65 bits per heavy atom. The molecule has 102 valence electrons. The number of carbonyl (C=O) groups excluding carboxylic acids is 2. The average molecular weight is 333 g/mol. The van der Waals surface area contributed by atoms with Gasteiger partial charge in [-0.25, -0.2) is 4.79 Å². The first-order valence-corrected chi connectivity index (χ1v) is 6.98. The molecule has 2 aromatic carbocycles. The second kappa shape index (κ2) is 6.48. The van der Waals surface area contributed by atoms with Crippen LogP contribution in [-0.2, 0) is 4.74 Å². The van der Waals surface area contributed by atoms with Crippen molar-refractivity contribution in [1.29, 1.82) is 0 Å². The quantitative estimate of drug-likeness (QED) is 0.630. The Morgan fingerprint density at radius 1 is 1.00 bits per heavy atom. The normalized spacial score (nSPS) is 10.1. The molecule has 0 amide bonds. The third-order valence-electron chi connectivity index (χ3n) is 2.75. The lowest BCUT2D eigenvalue weighted by Crippen LogP contribution is -2.06. The van der Waals surface area contributed by atoms with Crippen molar-refractivity contribution in [2.75, 3.05) is 6.61 Å². The SMILES string of the molecule is CCOC(=O)c1ccc(C(=O)c2cccc(Br)c2)cc1. The van der Waals surface area contributed by atoms with Crippen LogP contribution in [0, 0.1) is 0 Å². The molecule has 4 heteroatoms. The molecule has 20 heavy (non-hydrogen) atoms. The van der Waals surface area contributed by atoms with Gasteiger partial charge in [0.15, 0.2) is 5.78 Å². The Labute approximate surface area is 125 Å². The van der Waals surface area contributed by atoms with Crippen LogP contribution >= 0.6 is 15.9 Å². The lowest BCUT2D eigenvalue weighted by molar-refractivity contribution is 0.0526. The van der Waals surface area contributed by atoms with Gasteiger partial charge in [-0.05, 0) is 31.2 Å². The summed E-state index contributed by atoms with van der Waals surface area (Å²) < 4.78 is 5.75. The first kappa shape index (κ1) is 14.5. The Bertz CT molecular complexity index is 632. The van der Waals surface area contributed by atoms with Gasteiger partial charge in [0.25, 0.3) is 0 Å². The maximum atomic E-state index is 12.3. The number of carbonyl (C=O) groups is 2. The van der Waals surface area contributed by atoms with Gasteiger partial charge in [-0.2, -0.15) is 0 Å². The number of esters is 1. The van der Waals surface area contributed by atoms with Crippen molar-refractivity contribution in [2.24, 2.45) is 0 Å².